The van der Waals surface area contributed by atoms with E-state index in [-0.39, 0.29) is 5.56 Å². The summed E-state index contributed by atoms with van der Waals surface area (Å²) >= 11 is 0. The maximum absolute atomic E-state index is 13.2. The van der Waals surface area contributed by atoms with E-state index in [2.05, 4.69) is 5.32 Å². The van der Waals surface area contributed by atoms with Crippen LogP contribution >= 0.6 is 0 Å². The summed E-state index contributed by atoms with van der Waals surface area (Å²) in [5, 5.41) is 2.20. The molecule has 0 saturated carbocycles. The molecular weight excluding hydrogens is 204 g/mol. The van der Waals surface area contributed by atoms with Crippen molar-refractivity contribution in [3.8, 4) is 0 Å². The Hall–Kier alpha value is -1.65. The minimum Gasteiger partial charge on any atom is -0.441 e. The van der Waals surface area contributed by atoms with Gasteiger partial charge >= 0.3 is 6.09 Å². The number of benzene rings is 1. The van der Waals surface area contributed by atoms with Crippen LogP contribution in [0.2, 0.25) is 0 Å². The maximum Gasteiger partial charge on any atom is 0.407 e. The Morgan fingerprint density at radius 2 is 1.93 bits per heavy atom. The summed E-state index contributed by atoms with van der Waals surface area (Å²) in [6.45, 7) is 1.40. The van der Waals surface area contributed by atoms with Gasteiger partial charge in [0.15, 0.2) is 0 Å². The predicted molar refractivity (Wildman–Crippen MR) is 50.3 cm³/mol. The molecule has 0 aliphatic rings. The molecular formula is C10H11F2NO2. The van der Waals surface area contributed by atoms with E-state index in [0.717, 1.165) is 12.1 Å². The van der Waals surface area contributed by atoms with E-state index in [4.69, 9.17) is 4.74 Å². The van der Waals surface area contributed by atoms with Crippen molar-refractivity contribution in [2.45, 2.75) is 13.0 Å². The first-order valence-corrected chi connectivity index (χ1v) is 4.38. The molecule has 0 bridgehead atoms. The molecule has 1 unspecified atom stereocenters. The van der Waals surface area contributed by atoms with Crippen LogP contribution in [0.5, 0.6) is 0 Å². The molecule has 15 heavy (non-hydrogen) atoms. The predicted octanol–water partition coefficient (Wildman–Crippen LogP) is 2.38. The van der Waals surface area contributed by atoms with Crippen LogP contribution in [-0.4, -0.2) is 13.1 Å². The highest BCUT2D eigenvalue weighted by molar-refractivity contribution is 5.67. The summed E-state index contributed by atoms with van der Waals surface area (Å²) in [5.74, 6) is -1.46. The Morgan fingerprint density at radius 3 is 2.40 bits per heavy atom. The largest absolute Gasteiger partial charge is 0.441 e. The second-order valence-electron chi connectivity index (χ2n) is 2.93. The zero-order chi connectivity index (χ0) is 11.4. The highest BCUT2D eigenvalue weighted by atomic mass is 19.1. The van der Waals surface area contributed by atoms with Gasteiger partial charge in [-0.25, -0.2) is 13.6 Å². The molecule has 1 aromatic carbocycles. The van der Waals surface area contributed by atoms with Crippen molar-refractivity contribution >= 4 is 6.09 Å². The number of amides is 1. The van der Waals surface area contributed by atoms with Gasteiger partial charge in [0, 0.05) is 7.05 Å². The van der Waals surface area contributed by atoms with Gasteiger partial charge in [0.05, 0.1) is 5.56 Å². The van der Waals surface area contributed by atoms with Crippen LogP contribution in [0.15, 0.2) is 18.2 Å². The molecule has 1 aromatic rings. The molecule has 0 aliphatic heterocycles. The van der Waals surface area contributed by atoms with Gasteiger partial charge in [-0.3, -0.25) is 0 Å². The van der Waals surface area contributed by atoms with E-state index in [1.807, 2.05) is 0 Å². The molecule has 0 saturated heterocycles. The number of rotatable bonds is 2. The van der Waals surface area contributed by atoms with E-state index in [9.17, 15) is 13.6 Å². The van der Waals surface area contributed by atoms with E-state index in [1.54, 1.807) is 0 Å². The quantitative estimate of drug-likeness (QED) is 0.822. The third kappa shape index (κ3) is 2.65. The van der Waals surface area contributed by atoms with Crippen LogP contribution in [0, 0.1) is 11.6 Å². The van der Waals surface area contributed by atoms with Gasteiger partial charge in [-0.15, -0.1) is 0 Å². The average molecular weight is 215 g/mol. The first-order valence-electron chi connectivity index (χ1n) is 4.38. The summed E-state index contributed by atoms with van der Waals surface area (Å²) in [5.41, 5.74) is -0.249. The normalized spacial score (nSPS) is 12.0. The van der Waals surface area contributed by atoms with Crippen LogP contribution in [0.1, 0.15) is 18.6 Å². The number of hydrogen-bond acceptors (Lipinski definition) is 2. The summed E-state index contributed by atoms with van der Waals surface area (Å²) in [7, 11) is 1.37. The Balaban J connectivity index is 2.90. The Morgan fingerprint density at radius 1 is 1.40 bits per heavy atom. The molecule has 1 N–H and O–H groups in total. The van der Waals surface area contributed by atoms with Gasteiger partial charge in [0.2, 0.25) is 0 Å². The van der Waals surface area contributed by atoms with Crippen LogP contribution in [0.25, 0.3) is 0 Å². The SMILES string of the molecule is CNC(=O)OC(C)c1c(F)cccc1F. The van der Waals surface area contributed by atoms with Gasteiger partial charge in [0.25, 0.3) is 0 Å². The molecule has 0 fully saturated rings. The van der Waals surface area contributed by atoms with Gasteiger partial charge in [-0.2, -0.15) is 0 Å². The minimum absolute atomic E-state index is 0.249. The lowest BCUT2D eigenvalue weighted by atomic mass is 10.1. The molecule has 5 heteroatoms. The number of halogens is 2. The van der Waals surface area contributed by atoms with Crippen LogP contribution in [0.4, 0.5) is 13.6 Å². The minimum atomic E-state index is -0.967. The molecule has 0 aromatic heterocycles. The molecule has 3 nitrogen and oxygen atoms in total. The number of carbonyl (C=O) groups excluding carboxylic acids is 1. The summed E-state index contributed by atoms with van der Waals surface area (Å²) < 4.78 is 31.1. The third-order valence-corrected chi connectivity index (χ3v) is 1.89. The average Bonchev–Trinajstić information content (AvgIpc) is 2.17. The fourth-order valence-corrected chi connectivity index (χ4v) is 1.18. The Kier molecular flexibility index (Phi) is 3.60. The molecule has 82 valence electrons. The lowest BCUT2D eigenvalue weighted by Crippen LogP contribution is -2.21. The van der Waals surface area contributed by atoms with Crippen LogP contribution in [-0.2, 0) is 4.74 Å². The van der Waals surface area contributed by atoms with E-state index >= 15 is 0 Å². The molecule has 1 rings (SSSR count). The van der Waals surface area contributed by atoms with Crippen molar-refractivity contribution in [2.75, 3.05) is 7.05 Å². The van der Waals surface area contributed by atoms with Crippen molar-refractivity contribution in [3.63, 3.8) is 0 Å². The van der Waals surface area contributed by atoms with Crippen molar-refractivity contribution < 1.29 is 18.3 Å². The topological polar surface area (TPSA) is 38.3 Å². The number of hydrogen-bond donors (Lipinski definition) is 1. The summed E-state index contributed by atoms with van der Waals surface area (Å²) in [6.07, 6.45) is -1.70. The third-order valence-electron chi connectivity index (χ3n) is 1.89. The van der Waals surface area contributed by atoms with E-state index in [0.29, 0.717) is 0 Å². The Bertz CT molecular complexity index is 348. The van der Waals surface area contributed by atoms with Gasteiger partial charge in [0.1, 0.15) is 17.7 Å². The molecule has 1 atom stereocenters. The molecule has 1 amide bonds. The molecule has 0 radical (unpaired) electrons. The van der Waals surface area contributed by atoms with Crippen molar-refractivity contribution in [2.24, 2.45) is 0 Å². The van der Waals surface area contributed by atoms with Crippen molar-refractivity contribution in [1.82, 2.24) is 5.32 Å². The van der Waals surface area contributed by atoms with E-state index < -0.39 is 23.8 Å². The zero-order valence-electron chi connectivity index (χ0n) is 8.38. The molecule has 0 heterocycles. The smallest absolute Gasteiger partial charge is 0.407 e. The second kappa shape index (κ2) is 4.72. The lowest BCUT2D eigenvalue weighted by molar-refractivity contribution is 0.105. The first-order chi connectivity index (χ1) is 7.06. The van der Waals surface area contributed by atoms with Gasteiger partial charge in [-0.05, 0) is 19.1 Å². The van der Waals surface area contributed by atoms with Crippen LogP contribution < -0.4 is 5.32 Å². The Labute approximate surface area is 86.0 Å². The maximum atomic E-state index is 13.2. The fraction of sp³-hybridized carbons (Fsp3) is 0.300. The summed E-state index contributed by atoms with van der Waals surface area (Å²) in [6, 6.07) is 3.48. The standard InChI is InChI=1S/C10H11F2NO2/c1-6(15-10(14)13-2)9-7(11)4-3-5-8(9)12/h3-6H,1-2H3,(H,13,14). The number of nitrogens with one attached hydrogen (secondary N) is 1. The zero-order valence-corrected chi connectivity index (χ0v) is 8.38. The lowest BCUT2D eigenvalue weighted by Gasteiger charge is -2.14. The highest BCUT2D eigenvalue weighted by Gasteiger charge is 2.18. The van der Waals surface area contributed by atoms with Crippen molar-refractivity contribution in [3.05, 3.63) is 35.4 Å². The second-order valence-corrected chi connectivity index (χ2v) is 2.93. The molecule has 0 aliphatic carbocycles. The van der Waals surface area contributed by atoms with Gasteiger partial charge in [-0.1, -0.05) is 6.07 Å². The van der Waals surface area contributed by atoms with Crippen molar-refractivity contribution in [1.29, 1.82) is 0 Å². The fourth-order valence-electron chi connectivity index (χ4n) is 1.18. The van der Waals surface area contributed by atoms with E-state index in [1.165, 1.54) is 20.0 Å². The monoisotopic (exact) mass is 215 g/mol. The van der Waals surface area contributed by atoms with Crippen LogP contribution in [0.3, 0.4) is 0 Å². The van der Waals surface area contributed by atoms with Gasteiger partial charge < -0.3 is 10.1 Å². The number of ether oxygens (including phenoxy) is 1. The number of carbonyl (C=O) groups is 1. The molecule has 0 spiro atoms. The summed E-state index contributed by atoms with van der Waals surface area (Å²) in [4.78, 5) is 10.8. The number of alkyl carbamates (subject to hydrolysis) is 1. The first kappa shape index (κ1) is 11.4. The highest BCUT2D eigenvalue weighted by Crippen LogP contribution is 2.23.